The molecule has 1 aromatic carbocycles. The molecule has 0 aliphatic carbocycles. The first-order valence-electron chi connectivity index (χ1n) is 6.12. The van der Waals surface area contributed by atoms with Gasteiger partial charge in [0.15, 0.2) is 0 Å². The van der Waals surface area contributed by atoms with Crippen LogP contribution in [-0.2, 0) is 20.6 Å². The summed E-state index contributed by atoms with van der Waals surface area (Å²) >= 11 is 0. The fraction of sp³-hybridized carbons (Fsp3) is 0.417. The molecule has 0 aliphatic rings. The van der Waals surface area contributed by atoms with E-state index in [9.17, 15) is 23.3 Å². The average molecular weight is 316 g/mol. The maximum Gasteiger partial charge on any atom is 0.303 e. The molecule has 0 aliphatic heterocycles. The van der Waals surface area contributed by atoms with Gasteiger partial charge in [-0.1, -0.05) is 18.2 Å². The SMILES string of the molecule is CN(CCCC(=O)O)S(=O)(=O)Cc1ccccc1[N+](=O)[O-]. The number of carbonyl (C=O) groups is 1. The predicted octanol–water partition coefficient (Wildman–Crippen LogP) is 1.22. The monoisotopic (exact) mass is 316 g/mol. The Morgan fingerprint density at radius 1 is 1.38 bits per heavy atom. The van der Waals surface area contributed by atoms with E-state index in [0.29, 0.717) is 0 Å². The van der Waals surface area contributed by atoms with Gasteiger partial charge in [-0.25, -0.2) is 12.7 Å². The van der Waals surface area contributed by atoms with Crippen LogP contribution in [0, 0.1) is 10.1 Å². The molecule has 9 heteroatoms. The molecule has 0 atom stereocenters. The van der Waals surface area contributed by atoms with Crippen LogP contribution in [0.3, 0.4) is 0 Å². The lowest BCUT2D eigenvalue weighted by Gasteiger charge is -2.16. The van der Waals surface area contributed by atoms with Crippen molar-refractivity contribution in [1.29, 1.82) is 0 Å². The van der Waals surface area contributed by atoms with Crippen LogP contribution in [-0.4, -0.2) is 42.3 Å². The average Bonchev–Trinajstić information content (AvgIpc) is 2.38. The first kappa shape index (κ1) is 17.1. The van der Waals surface area contributed by atoms with Crippen molar-refractivity contribution in [2.45, 2.75) is 18.6 Å². The summed E-state index contributed by atoms with van der Waals surface area (Å²) in [5, 5.41) is 19.4. The van der Waals surface area contributed by atoms with Crippen LogP contribution in [0.1, 0.15) is 18.4 Å². The summed E-state index contributed by atoms with van der Waals surface area (Å²) in [5.41, 5.74) is -0.146. The standard InChI is InChI=1S/C12H16N2O6S/c1-13(8-4-7-12(15)16)21(19,20)9-10-5-2-3-6-11(10)14(17)18/h2-3,5-6H,4,7-9H2,1H3,(H,15,16). The normalized spacial score (nSPS) is 11.5. The van der Waals surface area contributed by atoms with Gasteiger partial charge in [-0.2, -0.15) is 0 Å². The third-order valence-corrected chi connectivity index (χ3v) is 4.67. The highest BCUT2D eigenvalue weighted by Gasteiger charge is 2.23. The number of carboxylic acid groups (broad SMARTS) is 1. The van der Waals surface area contributed by atoms with Gasteiger partial charge in [-0.3, -0.25) is 14.9 Å². The molecule has 1 N–H and O–H groups in total. The van der Waals surface area contributed by atoms with Crippen molar-refractivity contribution in [3.63, 3.8) is 0 Å². The van der Waals surface area contributed by atoms with Crippen LogP contribution in [0.25, 0.3) is 0 Å². The van der Waals surface area contributed by atoms with E-state index in [2.05, 4.69) is 0 Å². The van der Waals surface area contributed by atoms with Crippen molar-refractivity contribution < 1.29 is 23.2 Å². The fourth-order valence-electron chi connectivity index (χ4n) is 1.71. The summed E-state index contributed by atoms with van der Waals surface area (Å²) < 4.78 is 25.2. The molecule has 0 radical (unpaired) electrons. The highest BCUT2D eigenvalue weighted by Crippen LogP contribution is 2.21. The summed E-state index contributed by atoms with van der Waals surface area (Å²) in [5.74, 6) is -1.49. The Kier molecular flexibility index (Phi) is 5.79. The van der Waals surface area contributed by atoms with Crippen LogP contribution in [0.15, 0.2) is 24.3 Å². The van der Waals surface area contributed by atoms with Crippen LogP contribution >= 0.6 is 0 Å². The number of sulfonamides is 1. The van der Waals surface area contributed by atoms with E-state index in [4.69, 9.17) is 5.11 Å². The number of nitrogens with zero attached hydrogens (tertiary/aromatic N) is 2. The van der Waals surface area contributed by atoms with Crippen LogP contribution in [0.4, 0.5) is 5.69 Å². The largest absolute Gasteiger partial charge is 0.481 e. The first-order chi connectivity index (χ1) is 9.74. The van der Waals surface area contributed by atoms with E-state index in [1.807, 2.05) is 0 Å². The molecule has 21 heavy (non-hydrogen) atoms. The first-order valence-corrected chi connectivity index (χ1v) is 7.73. The molecular weight excluding hydrogens is 300 g/mol. The Hall–Kier alpha value is -2.00. The number of aliphatic carboxylic acids is 1. The van der Waals surface area contributed by atoms with Gasteiger partial charge in [-0.05, 0) is 6.42 Å². The maximum atomic E-state index is 12.1. The minimum Gasteiger partial charge on any atom is -0.481 e. The molecular formula is C12H16N2O6S. The molecule has 0 bridgehead atoms. The lowest BCUT2D eigenvalue weighted by atomic mass is 10.2. The zero-order valence-corrected chi connectivity index (χ0v) is 12.2. The number of rotatable bonds is 8. The van der Waals surface area contributed by atoms with E-state index < -0.39 is 26.7 Å². The Morgan fingerprint density at radius 3 is 2.57 bits per heavy atom. The minimum atomic E-state index is -3.73. The number of para-hydroxylation sites is 1. The second-order valence-corrected chi connectivity index (χ2v) is 6.54. The van der Waals surface area contributed by atoms with Crippen molar-refractivity contribution in [2.24, 2.45) is 0 Å². The van der Waals surface area contributed by atoms with Gasteiger partial charge in [0.1, 0.15) is 0 Å². The number of nitro benzene ring substituents is 1. The Labute approximate surface area is 122 Å². The number of carboxylic acids is 1. The summed E-state index contributed by atoms with van der Waals surface area (Å²) in [6.07, 6.45) is 0.0489. The maximum absolute atomic E-state index is 12.1. The second-order valence-electron chi connectivity index (χ2n) is 4.46. The smallest absolute Gasteiger partial charge is 0.303 e. The van der Waals surface area contributed by atoms with Gasteiger partial charge in [-0.15, -0.1) is 0 Å². The van der Waals surface area contributed by atoms with E-state index in [-0.39, 0.29) is 30.6 Å². The van der Waals surface area contributed by atoms with E-state index >= 15 is 0 Å². The zero-order valence-electron chi connectivity index (χ0n) is 11.4. The molecule has 0 saturated carbocycles. The lowest BCUT2D eigenvalue weighted by Crippen LogP contribution is -2.29. The summed E-state index contributed by atoms with van der Waals surface area (Å²) in [4.78, 5) is 20.6. The second kappa shape index (κ2) is 7.14. The minimum absolute atomic E-state index is 0.0509. The summed E-state index contributed by atoms with van der Waals surface area (Å²) in [6.45, 7) is 0.0509. The van der Waals surface area contributed by atoms with Gasteiger partial charge < -0.3 is 5.11 Å². The number of hydrogen-bond acceptors (Lipinski definition) is 5. The number of nitro groups is 1. The molecule has 0 aromatic heterocycles. The van der Waals surface area contributed by atoms with Gasteiger partial charge in [0.2, 0.25) is 10.0 Å². The molecule has 1 aromatic rings. The van der Waals surface area contributed by atoms with Crippen LogP contribution in [0.2, 0.25) is 0 Å². The number of benzene rings is 1. The van der Waals surface area contributed by atoms with Crippen molar-refractivity contribution in [3.8, 4) is 0 Å². The molecule has 116 valence electrons. The molecule has 0 heterocycles. The highest BCUT2D eigenvalue weighted by molar-refractivity contribution is 7.88. The van der Waals surface area contributed by atoms with Gasteiger partial charge in [0, 0.05) is 31.6 Å². The van der Waals surface area contributed by atoms with E-state index in [1.165, 1.54) is 31.3 Å². The zero-order chi connectivity index (χ0) is 16.0. The quantitative estimate of drug-likeness (QED) is 0.569. The molecule has 1 rings (SSSR count). The molecule has 0 fully saturated rings. The fourth-order valence-corrected chi connectivity index (χ4v) is 2.97. The van der Waals surface area contributed by atoms with Crippen molar-refractivity contribution >= 4 is 21.7 Å². The lowest BCUT2D eigenvalue weighted by molar-refractivity contribution is -0.385. The van der Waals surface area contributed by atoms with Crippen molar-refractivity contribution in [3.05, 3.63) is 39.9 Å². The van der Waals surface area contributed by atoms with Gasteiger partial charge in [0.25, 0.3) is 5.69 Å². The van der Waals surface area contributed by atoms with Crippen molar-refractivity contribution in [1.82, 2.24) is 4.31 Å². The third-order valence-electron chi connectivity index (χ3n) is 2.86. The molecule has 8 nitrogen and oxygen atoms in total. The van der Waals surface area contributed by atoms with Gasteiger partial charge >= 0.3 is 5.97 Å². The summed E-state index contributed by atoms with van der Waals surface area (Å²) in [6, 6.07) is 5.63. The van der Waals surface area contributed by atoms with Crippen LogP contribution in [0.5, 0.6) is 0 Å². The molecule has 0 saturated heterocycles. The molecule has 0 amide bonds. The third kappa shape index (κ3) is 5.12. The Morgan fingerprint density at radius 2 is 2.00 bits per heavy atom. The Balaban J connectivity index is 2.81. The Bertz CT molecular complexity index is 628. The highest BCUT2D eigenvalue weighted by atomic mass is 32.2. The van der Waals surface area contributed by atoms with Crippen LogP contribution < -0.4 is 0 Å². The van der Waals surface area contributed by atoms with E-state index in [1.54, 1.807) is 0 Å². The van der Waals surface area contributed by atoms with Gasteiger partial charge in [0.05, 0.1) is 10.7 Å². The predicted molar refractivity (Wildman–Crippen MR) is 75.2 cm³/mol. The van der Waals surface area contributed by atoms with Crippen molar-refractivity contribution in [2.75, 3.05) is 13.6 Å². The van der Waals surface area contributed by atoms with E-state index in [0.717, 1.165) is 4.31 Å². The molecule has 0 unspecified atom stereocenters. The number of hydrogen-bond donors (Lipinski definition) is 1. The summed E-state index contributed by atoms with van der Waals surface area (Å²) in [7, 11) is -2.41. The topological polar surface area (TPSA) is 118 Å². The molecule has 0 spiro atoms.